The molecule has 2 heterocycles. The van der Waals surface area contributed by atoms with Gasteiger partial charge in [-0.2, -0.15) is 0 Å². The van der Waals surface area contributed by atoms with Gasteiger partial charge in [-0.3, -0.25) is 4.79 Å². The Hall–Kier alpha value is -2.21. The Bertz CT molecular complexity index is 709. The third-order valence-electron chi connectivity index (χ3n) is 3.78. The van der Waals surface area contributed by atoms with Crippen LogP contribution in [-0.4, -0.2) is 34.0 Å². The van der Waals surface area contributed by atoms with Crippen LogP contribution in [0.3, 0.4) is 0 Å². The molecular formula is C15H15ClN4O2. The van der Waals surface area contributed by atoms with E-state index in [1.807, 2.05) is 30.3 Å². The summed E-state index contributed by atoms with van der Waals surface area (Å²) in [5.74, 6) is -0.230. The highest BCUT2D eigenvalue weighted by atomic mass is 35.5. The van der Waals surface area contributed by atoms with E-state index in [2.05, 4.69) is 15.6 Å². The van der Waals surface area contributed by atoms with Crippen LogP contribution in [0.4, 0.5) is 0 Å². The molecule has 0 bridgehead atoms. The number of fused-ring (bicyclic) bond motifs is 1. The van der Waals surface area contributed by atoms with Gasteiger partial charge in [0.05, 0.1) is 10.8 Å². The Kier molecular flexibility index (Phi) is 4.20. The second kappa shape index (κ2) is 6.27. The maximum Gasteiger partial charge on any atom is 0.270 e. The molecular weight excluding hydrogens is 304 g/mol. The molecule has 1 aromatic carbocycles. The van der Waals surface area contributed by atoms with Crippen LogP contribution in [0.15, 0.2) is 41.7 Å². The summed E-state index contributed by atoms with van der Waals surface area (Å²) in [6, 6.07) is 11.1. The number of hydrogen-bond acceptors (Lipinski definition) is 4. The van der Waals surface area contributed by atoms with Crippen LogP contribution in [-0.2, 0) is 0 Å². The van der Waals surface area contributed by atoms with Crippen molar-refractivity contribution in [1.82, 2.24) is 15.3 Å². The van der Waals surface area contributed by atoms with E-state index in [1.165, 1.54) is 5.01 Å². The smallest absolute Gasteiger partial charge is 0.270 e. The number of carbonyl (C=O) groups excluding carboxylic acids is 1. The minimum Gasteiger partial charge on any atom is -0.348 e. The molecule has 1 amide bonds. The molecule has 1 fully saturated rings. The molecule has 0 spiro atoms. The SMILES string of the molecule is O=NN1CCC(NC(=O)c2ccc3ccccc3n2)CC1Cl. The second-order valence-electron chi connectivity index (χ2n) is 5.26. The van der Waals surface area contributed by atoms with Crippen molar-refractivity contribution in [3.63, 3.8) is 0 Å². The van der Waals surface area contributed by atoms with Crippen LogP contribution in [0, 0.1) is 4.91 Å². The number of carbonyl (C=O) groups is 1. The molecule has 1 N–H and O–H groups in total. The van der Waals surface area contributed by atoms with Gasteiger partial charge in [0.25, 0.3) is 5.91 Å². The van der Waals surface area contributed by atoms with Crippen molar-refractivity contribution in [2.75, 3.05) is 6.54 Å². The molecule has 2 aromatic rings. The molecule has 0 aliphatic carbocycles. The van der Waals surface area contributed by atoms with E-state index in [4.69, 9.17) is 11.6 Å². The number of nitrogens with zero attached hydrogens (tertiary/aromatic N) is 3. The van der Waals surface area contributed by atoms with Gasteiger partial charge in [-0.25, -0.2) is 9.99 Å². The van der Waals surface area contributed by atoms with E-state index in [0.717, 1.165) is 10.9 Å². The molecule has 1 saturated heterocycles. The van der Waals surface area contributed by atoms with Crippen LogP contribution in [0.5, 0.6) is 0 Å². The van der Waals surface area contributed by atoms with Gasteiger partial charge in [-0.05, 0) is 18.6 Å². The lowest BCUT2D eigenvalue weighted by Gasteiger charge is -2.32. The highest BCUT2D eigenvalue weighted by Crippen LogP contribution is 2.21. The first-order valence-electron chi connectivity index (χ1n) is 7.08. The Balaban J connectivity index is 1.69. The summed E-state index contributed by atoms with van der Waals surface area (Å²) in [6.07, 6.45) is 1.11. The van der Waals surface area contributed by atoms with Crippen LogP contribution in [0.25, 0.3) is 10.9 Å². The van der Waals surface area contributed by atoms with E-state index < -0.39 is 5.50 Å². The number of amides is 1. The summed E-state index contributed by atoms with van der Waals surface area (Å²) >= 11 is 6.05. The molecule has 1 aliphatic rings. The molecule has 0 saturated carbocycles. The van der Waals surface area contributed by atoms with E-state index in [9.17, 15) is 9.70 Å². The van der Waals surface area contributed by atoms with Gasteiger partial charge >= 0.3 is 0 Å². The molecule has 6 nitrogen and oxygen atoms in total. The van der Waals surface area contributed by atoms with Crippen molar-refractivity contribution in [2.45, 2.75) is 24.4 Å². The van der Waals surface area contributed by atoms with Gasteiger partial charge in [-0.1, -0.05) is 35.9 Å². The van der Waals surface area contributed by atoms with Crippen molar-refractivity contribution in [2.24, 2.45) is 5.29 Å². The number of hydrogen-bond donors (Lipinski definition) is 1. The third-order valence-corrected chi connectivity index (χ3v) is 4.18. The van der Waals surface area contributed by atoms with Gasteiger partial charge in [0, 0.05) is 24.4 Å². The molecule has 0 radical (unpaired) electrons. The lowest BCUT2D eigenvalue weighted by atomic mass is 10.1. The number of para-hydroxylation sites is 1. The quantitative estimate of drug-likeness (QED) is 0.536. The zero-order valence-electron chi connectivity index (χ0n) is 11.8. The fourth-order valence-corrected chi connectivity index (χ4v) is 2.93. The number of nitrogens with one attached hydrogen (secondary N) is 1. The predicted octanol–water partition coefficient (Wildman–Crippen LogP) is 2.68. The summed E-state index contributed by atoms with van der Waals surface area (Å²) < 4.78 is 0. The van der Waals surface area contributed by atoms with Gasteiger partial charge in [0.1, 0.15) is 11.2 Å². The highest BCUT2D eigenvalue weighted by Gasteiger charge is 2.28. The minimum atomic E-state index is -0.485. The molecule has 2 atom stereocenters. The summed E-state index contributed by atoms with van der Waals surface area (Å²) in [5, 5.41) is 8.06. The van der Waals surface area contributed by atoms with Crippen molar-refractivity contribution in [3.8, 4) is 0 Å². The number of piperidine rings is 1. The number of alkyl halides is 1. The fourth-order valence-electron chi connectivity index (χ4n) is 2.58. The van der Waals surface area contributed by atoms with Crippen molar-refractivity contribution in [3.05, 3.63) is 47.0 Å². The molecule has 114 valence electrons. The van der Waals surface area contributed by atoms with Crippen LogP contribution in [0.1, 0.15) is 23.3 Å². The standard InChI is InChI=1S/C15H15ClN4O2/c16-14-9-11(7-8-20(14)19-22)17-15(21)13-6-5-10-3-1-2-4-12(10)18-13/h1-6,11,14H,7-9H2,(H,17,21). The number of nitroso groups, excluding NO2 is 1. The minimum absolute atomic E-state index is 0.0822. The molecule has 1 aliphatic heterocycles. The number of halogens is 1. The van der Waals surface area contributed by atoms with E-state index in [0.29, 0.717) is 25.1 Å². The van der Waals surface area contributed by atoms with E-state index in [1.54, 1.807) is 6.07 Å². The fraction of sp³-hybridized carbons (Fsp3) is 0.333. The van der Waals surface area contributed by atoms with Crippen LogP contribution >= 0.6 is 11.6 Å². The second-order valence-corrected chi connectivity index (χ2v) is 5.77. The topological polar surface area (TPSA) is 74.7 Å². The molecule has 7 heteroatoms. The zero-order valence-corrected chi connectivity index (χ0v) is 12.5. The number of rotatable bonds is 3. The van der Waals surface area contributed by atoms with Gasteiger partial charge in [-0.15, -0.1) is 4.91 Å². The first-order valence-corrected chi connectivity index (χ1v) is 7.51. The van der Waals surface area contributed by atoms with Crippen molar-refractivity contribution >= 4 is 28.4 Å². The summed E-state index contributed by atoms with van der Waals surface area (Å²) in [5.41, 5.74) is 0.673. The van der Waals surface area contributed by atoms with Gasteiger partial charge < -0.3 is 5.32 Å². The summed E-state index contributed by atoms with van der Waals surface area (Å²) in [7, 11) is 0. The molecule has 2 unspecified atom stereocenters. The molecule has 1 aromatic heterocycles. The van der Waals surface area contributed by atoms with E-state index >= 15 is 0 Å². The summed E-state index contributed by atoms with van der Waals surface area (Å²) in [4.78, 5) is 27.2. The van der Waals surface area contributed by atoms with Crippen molar-refractivity contribution < 1.29 is 4.79 Å². The van der Waals surface area contributed by atoms with Gasteiger partial charge in [0.15, 0.2) is 0 Å². The molecule has 22 heavy (non-hydrogen) atoms. The lowest BCUT2D eigenvalue weighted by Crippen LogP contribution is -2.46. The van der Waals surface area contributed by atoms with Crippen molar-refractivity contribution in [1.29, 1.82) is 0 Å². The Labute approximate surface area is 132 Å². The average molecular weight is 319 g/mol. The normalized spacial score (nSPS) is 21.6. The molecule has 3 rings (SSSR count). The third kappa shape index (κ3) is 3.01. The first kappa shape index (κ1) is 14.7. The maximum atomic E-state index is 12.3. The predicted molar refractivity (Wildman–Crippen MR) is 84.4 cm³/mol. The van der Waals surface area contributed by atoms with Gasteiger partial charge in [0.2, 0.25) is 0 Å². The highest BCUT2D eigenvalue weighted by molar-refractivity contribution is 6.20. The number of pyridine rings is 1. The summed E-state index contributed by atoms with van der Waals surface area (Å²) in [6.45, 7) is 0.438. The number of aromatic nitrogens is 1. The zero-order chi connectivity index (χ0) is 15.5. The van der Waals surface area contributed by atoms with Crippen LogP contribution < -0.4 is 5.32 Å². The first-order chi connectivity index (χ1) is 10.7. The largest absolute Gasteiger partial charge is 0.348 e. The monoisotopic (exact) mass is 318 g/mol. The Morgan fingerprint density at radius 1 is 1.32 bits per heavy atom. The average Bonchev–Trinajstić information content (AvgIpc) is 2.54. The lowest BCUT2D eigenvalue weighted by molar-refractivity contribution is 0.0898. The van der Waals surface area contributed by atoms with Crippen LogP contribution in [0.2, 0.25) is 0 Å². The van der Waals surface area contributed by atoms with E-state index in [-0.39, 0.29) is 11.9 Å². The maximum absolute atomic E-state index is 12.3. The Morgan fingerprint density at radius 2 is 2.14 bits per heavy atom. The number of benzene rings is 1. The Morgan fingerprint density at radius 3 is 2.91 bits per heavy atom.